The topological polar surface area (TPSA) is 49.2 Å². The number of aryl methyl sites for hydroxylation is 3. The highest BCUT2D eigenvalue weighted by molar-refractivity contribution is 7.19. The van der Waals surface area contributed by atoms with Gasteiger partial charge in [0.1, 0.15) is 4.83 Å². The molecule has 0 saturated heterocycles. The van der Waals surface area contributed by atoms with E-state index in [-0.39, 0.29) is 6.61 Å². The van der Waals surface area contributed by atoms with Gasteiger partial charge in [0.15, 0.2) is 0 Å². The van der Waals surface area contributed by atoms with Crippen LogP contribution < -0.4 is 4.90 Å². The van der Waals surface area contributed by atoms with Crippen LogP contribution in [0.25, 0.3) is 21.5 Å². The van der Waals surface area contributed by atoms with Crippen LogP contribution in [-0.4, -0.2) is 35.3 Å². The molecule has 2 aromatic heterocycles. The third-order valence-electron chi connectivity index (χ3n) is 4.65. The van der Waals surface area contributed by atoms with Gasteiger partial charge >= 0.3 is 0 Å². The zero-order chi connectivity index (χ0) is 16.7. The summed E-state index contributed by atoms with van der Waals surface area (Å²) in [7, 11) is 1.93. The van der Waals surface area contributed by atoms with Crippen molar-refractivity contribution in [2.45, 2.75) is 26.2 Å². The lowest BCUT2D eigenvalue weighted by Crippen LogP contribution is -2.23. The summed E-state index contributed by atoms with van der Waals surface area (Å²) in [5.41, 5.74) is 4.86. The molecule has 0 saturated carbocycles. The van der Waals surface area contributed by atoms with Crippen molar-refractivity contribution < 1.29 is 5.11 Å². The Morgan fingerprint density at radius 2 is 1.96 bits per heavy atom. The zero-order valence-electron chi connectivity index (χ0n) is 14.0. The van der Waals surface area contributed by atoms with Gasteiger partial charge in [-0.3, -0.25) is 0 Å². The number of rotatable bonds is 4. The number of aliphatic hydroxyl groups is 1. The number of aliphatic hydroxyl groups excluding tert-OH is 1. The summed E-state index contributed by atoms with van der Waals surface area (Å²) in [6, 6.07) is 8.55. The fourth-order valence-corrected chi connectivity index (χ4v) is 4.58. The molecule has 24 heavy (non-hydrogen) atoms. The first-order valence-electron chi connectivity index (χ1n) is 8.38. The smallest absolute Gasteiger partial charge is 0.227 e. The van der Waals surface area contributed by atoms with Crippen molar-refractivity contribution >= 4 is 27.5 Å². The Kier molecular flexibility index (Phi) is 3.98. The predicted octanol–water partition coefficient (Wildman–Crippen LogP) is 3.58. The van der Waals surface area contributed by atoms with Crippen molar-refractivity contribution in [1.29, 1.82) is 0 Å². The lowest BCUT2D eigenvalue weighted by molar-refractivity contribution is 0.303. The Morgan fingerprint density at radius 1 is 1.17 bits per heavy atom. The molecule has 1 aromatic carbocycles. The number of benzene rings is 1. The van der Waals surface area contributed by atoms with Crippen molar-refractivity contribution in [1.82, 2.24) is 9.97 Å². The predicted molar refractivity (Wildman–Crippen MR) is 100.0 cm³/mol. The van der Waals surface area contributed by atoms with Crippen LogP contribution in [0, 0.1) is 6.92 Å². The standard InChI is InChI=1S/C19H21N3OS/c1-12-6-8-13(9-7-12)17-16-14-4-3-5-15(14)24-18(16)21-19(20-17)22(2)10-11-23/h6-9,23H,3-5,10-11H2,1-2H3. The molecule has 0 fully saturated rings. The van der Waals surface area contributed by atoms with E-state index in [4.69, 9.17) is 9.97 Å². The van der Waals surface area contributed by atoms with E-state index in [9.17, 15) is 5.11 Å². The Balaban J connectivity index is 1.95. The van der Waals surface area contributed by atoms with Gasteiger partial charge in [-0.1, -0.05) is 29.8 Å². The van der Waals surface area contributed by atoms with Gasteiger partial charge in [0.2, 0.25) is 5.95 Å². The highest BCUT2D eigenvalue weighted by atomic mass is 32.1. The van der Waals surface area contributed by atoms with E-state index in [0.29, 0.717) is 12.5 Å². The maximum Gasteiger partial charge on any atom is 0.227 e. The summed E-state index contributed by atoms with van der Waals surface area (Å²) in [5.74, 6) is 0.687. The molecule has 0 bridgehead atoms. The second-order valence-electron chi connectivity index (χ2n) is 6.42. The summed E-state index contributed by atoms with van der Waals surface area (Å²) < 4.78 is 0. The first kappa shape index (κ1) is 15.5. The van der Waals surface area contributed by atoms with Gasteiger partial charge in [-0.25, -0.2) is 9.97 Å². The highest BCUT2D eigenvalue weighted by Gasteiger charge is 2.23. The monoisotopic (exact) mass is 339 g/mol. The summed E-state index contributed by atoms with van der Waals surface area (Å²) in [5, 5.41) is 10.5. The third-order valence-corrected chi connectivity index (χ3v) is 5.84. The molecule has 0 spiro atoms. The van der Waals surface area contributed by atoms with Gasteiger partial charge in [-0.05, 0) is 31.7 Å². The number of hydrogen-bond acceptors (Lipinski definition) is 5. The average Bonchev–Trinajstić information content (AvgIpc) is 3.15. The molecule has 1 aliphatic rings. The quantitative estimate of drug-likeness (QED) is 0.789. The number of thiophene rings is 1. The fraction of sp³-hybridized carbons (Fsp3) is 0.368. The zero-order valence-corrected chi connectivity index (χ0v) is 14.9. The first-order valence-corrected chi connectivity index (χ1v) is 9.20. The van der Waals surface area contributed by atoms with Crippen LogP contribution in [0.4, 0.5) is 5.95 Å². The summed E-state index contributed by atoms with van der Waals surface area (Å²) >= 11 is 1.81. The Labute approximate surface area is 145 Å². The van der Waals surface area contributed by atoms with Crippen molar-refractivity contribution in [2.75, 3.05) is 25.1 Å². The van der Waals surface area contributed by atoms with Gasteiger partial charge < -0.3 is 10.0 Å². The van der Waals surface area contributed by atoms with E-state index in [1.807, 2.05) is 23.3 Å². The molecule has 0 aliphatic heterocycles. The van der Waals surface area contributed by atoms with Crippen molar-refractivity contribution in [3.8, 4) is 11.3 Å². The van der Waals surface area contributed by atoms with Gasteiger partial charge in [-0.15, -0.1) is 11.3 Å². The molecule has 1 N–H and O–H groups in total. The minimum Gasteiger partial charge on any atom is -0.395 e. The van der Waals surface area contributed by atoms with Crippen molar-refractivity contribution in [3.05, 3.63) is 40.3 Å². The maximum absolute atomic E-state index is 9.23. The second-order valence-corrected chi connectivity index (χ2v) is 7.50. The molecule has 0 radical (unpaired) electrons. The van der Waals surface area contributed by atoms with Crippen LogP contribution in [0.5, 0.6) is 0 Å². The lowest BCUT2D eigenvalue weighted by Gasteiger charge is -2.17. The molecule has 3 aromatic rings. The Hall–Kier alpha value is -1.98. The number of nitrogens with zero attached hydrogens (tertiary/aromatic N) is 3. The molecule has 1 aliphatic carbocycles. The second kappa shape index (κ2) is 6.15. The Bertz CT molecular complexity index is 886. The van der Waals surface area contributed by atoms with Gasteiger partial charge in [-0.2, -0.15) is 0 Å². The van der Waals surface area contributed by atoms with Crippen molar-refractivity contribution in [3.63, 3.8) is 0 Å². The number of likely N-dealkylation sites (N-methyl/N-ethyl adjacent to an activating group) is 1. The summed E-state index contributed by atoms with van der Waals surface area (Å²) in [6.45, 7) is 2.73. The van der Waals surface area contributed by atoms with E-state index >= 15 is 0 Å². The van der Waals surface area contributed by atoms with E-state index in [1.54, 1.807) is 0 Å². The van der Waals surface area contributed by atoms with Crippen LogP contribution in [0.15, 0.2) is 24.3 Å². The minimum absolute atomic E-state index is 0.0959. The van der Waals surface area contributed by atoms with Crippen LogP contribution in [-0.2, 0) is 12.8 Å². The molecule has 124 valence electrons. The van der Waals surface area contributed by atoms with E-state index < -0.39 is 0 Å². The maximum atomic E-state index is 9.23. The molecule has 4 rings (SSSR count). The molecular formula is C19H21N3OS. The van der Waals surface area contributed by atoms with Gasteiger partial charge in [0, 0.05) is 29.4 Å². The van der Waals surface area contributed by atoms with Crippen molar-refractivity contribution in [2.24, 2.45) is 0 Å². The molecular weight excluding hydrogens is 318 g/mol. The normalized spacial score (nSPS) is 13.5. The SMILES string of the molecule is Cc1ccc(-c2nc(N(C)CCO)nc3sc4c(c23)CCC4)cc1. The fourth-order valence-electron chi connectivity index (χ4n) is 3.33. The van der Waals surface area contributed by atoms with Crippen LogP contribution in [0.2, 0.25) is 0 Å². The molecule has 0 amide bonds. The van der Waals surface area contributed by atoms with Gasteiger partial charge in [0.25, 0.3) is 0 Å². The average molecular weight is 339 g/mol. The Morgan fingerprint density at radius 3 is 2.71 bits per heavy atom. The minimum atomic E-state index is 0.0959. The summed E-state index contributed by atoms with van der Waals surface area (Å²) in [4.78, 5) is 14.1. The highest BCUT2D eigenvalue weighted by Crippen LogP contribution is 2.41. The number of anilines is 1. The molecule has 2 heterocycles. The summed E-state index contributed by atoms with van der Waals surface area (Å²) in [6.07, 6.45) is 3.52. The van der Waals surface area contributed by atoms with E-state index in [1.165, 1.54) is 27.8 Å². The van der Waals surface area contributed by atoms with E-state index in [2.05, 4.69) is 31.2 Å². The van der Waals surface area contributed by atoms with Crippen LogP contribution >= 0.6 is 11.3 Å². The first-order chi connectivity index (χ1) is 11.7. The van der Waals surface area contributed by atoms with E-state index in [0.717, 1.165) is 28.9 Å². The molecule has 0 atom stereocenters. The molecule has 4 nitrogen and oxygen atoms in total. The number of fused-ring (bicyclic) bond motifs is 3. The molecule has 0 unspecified atom stereocenters. The third kappa shape index (κ3) is 2.58. The van der Waals surface area contributed by atoms with Crippen LogP contribution in [0.3, 0.4) is 0 Å². The number of aromatic nitrogens is 2. The number of hydrogen-bond donors (Lipinski definition) is 1. The van der Waals surface area contributed by atoms with Crippen LogP contribution in [0.1, 0.15) is 22.4 Å². The van der Waals surface area contributed by atoms with Gasteiger partial charge in [0.05, 0.1) is 12.3 Å². The largest absolute Gasteiger partial charge is 0.395 e. The molecule has 5 heteroatoms. The lowest BCUT2D eigenvalue weighted by atomic mass is 10.0.